The maximum atomic E-state index is 13.2. The summed E-state index contributed by atoms with van der Waals surface area (Å²) in [6.07, 6.45) is 2.99. The lowest BCUT2D eigenvalue weighted by Crippen LogP contribution is -2.30. The molecule has 0 amide bonds. The van der Waals surface area contributed by atoms with E-state index in [1.807, 2.05) is 6.92 Å². The van der Waals surface area contributed by atoms with Crippen LogP contribution in [0.4, 0.5) is 4.39 Å². The largest absolute Gasteiger partial charge is 0.240 e. The molecule has 0 aromatic heterocycles. The molecule has 2 rings (SSSR count). The van der Waals surface area contributed by atoms with Crippen molar-refractivity contribution in [3.8, 4) is 6.07 Å². The number of nitriles is 1. The van der Waals surface area contributed by atoms with Crippen molar-refractivity contribution in [1.29, 1.82) is 5.26 Å². The van der Waals surface area contributed by atoms with Crippen molar-refractivity contribution >= 4 is 10.0 Å². The summed E-state index contributed by atoms with van der Waals surface area (Å²) >= 11 is 0. The zero-order valence-electron chi connectivity index (χ0n) is 10.6. The lowest BCUT2D eigenvalue weighted by atomic mass is 10.1. The third kappa shape index (κ3) is 2.94. The van der Waals surface area contributed by atoms with E-state index in [-0.39, 0.29) is 15.9 Å². The summed E-state index contributed by atoms with van der Waals surface area (Å²) < 4.78 is 39.8. The molecule has 0 aliphatic heterocycles. The lowest BCUT2D eigenvalue weighted by Gasteiger charge is -2.13. The van der Waals surface area contributed by atoms with Crippen molar-refractivity contribution in [2.24, 2.45) is 5.41 Å². The molecular formula is C13H15FN2O2S. The van der Waals surface area contributed by atoms with Crippen molar-refractivity contribution in [2.75, 3.05) is 6.54 Å². The van der Waals surface area contributed by atoms with E-state index < -0.39 is 15.8 Å². The highest BCUT2D eigenvalue weighted by Crippen LogP contribution is 2.48. The van der Waals surface area contributed by atoms with Crippen LogP contribution in [0.2, 0.25) is 0 Å². The predicted molar refractivity (Wildman–Crippen MR) is 68.3 cm³/mol. The van der Waals surface area contributed by atoms with Crippen LogP contribution in [0.25, 0.3) is 0 Å². The molecule has 1 N–H and O–H groups in total. The second-order valence-corrected chi connectivity index (χ2v) is 6.70. The summed E-state index contributed by atoms with van der Waals surface area (Å²) in [5.41, 5.74) is -0.176. The number of nitrogens with zero attached hydrogens (tertiary/aromatic N) is 1. The van der Waals surface area contributed by atoms with Gasteiger partial charge in [-0.3, -0.25) is 0 Å². The lowest BCUT2D eigenvalue weighted by molar-refractivity contribution is 0.475. The Hall–Kier alpha value is -1.45. The summed E-state index contributed by atoms with van der Waals surface area (Å²) in [6.45, 7) is 2.43. The number of nitrogens with one attached hydrogen (secondary N) is 1. The molecule has 0 saturated heterocycles. The topological polar surface area (TPSA) is 70.0 Å². The first kappa shape index (κ1) is 14.0. The van der Waals surface area contributed by atoms with Gasteiger partial charge in [0.25, 0.3) is 0 Å². The quantitative estimate of drug-likeness (QED) is 0.899. The van der Waals surface area contributed by atoms with E-state index in [0.29, 0.717) is 6.54 Å². The maximum Gasteiger partial charge on any atom is 0.240 e. The summed E-state index contributed by atoms with van der Waals surface area (Å²) in [7, 11) is -3.68. The smallest absolute Gasteiger partial charge is 0.211 e. The van der Waals surface area contributed by atoms with Crippen LogP contribution in [0.15, 0.2) is 23.1 Å². The van der Waals surface area contributed by atoms with Gasteiger partial charge < -0.3 is 0 Å². The molecular weight excluding hydrogens is 267 g/mol. The van der Waals surface area contributed by atoms with Crippen molar-refractivity contribution < 1.29 is 12.8 Å². The maximum absolute atomic E-state index is 13.2. The summed E-state index contributed by atoms with van der Waals surface area (Å²) in [5, 5.41) is 8.71. The van der Waals surface area contributed by atoms with Gasteiger partial charge in [-0.25, -0.2) is 17.5 Å². The number of halogens is 1. The molecule has 0 radical (unpaired) electrons. The minimum atomic E-state index is -3.68. The second-order valence-electron chi connectivity index (χ2n) is 4.93. The van der Waals surface area contributed by atoms with Gasteiger partial charge in [0.1, 0.15) is 11.9 Å². The number of benzene rings is 1. The summed E-state index contributed by atoms with van der Waals surface area (Å²) in [5.74, 6) is -0.714. The summed E-state index contributed by atoms with van der Waals surface area (Å²) in [4.78, 5) is -0.0719. The van der Waals surface area contributed by atoms with E-state index in [1.54, 1.807) is 6.07 Å². The minimum Gasteiger partial charge on any atom is -0.211 e. The fraction of sp³-hybridized carbons (Fsp3) is 0.462. The van der Waals surface area contributed by atoms with Gasteiger partial charge in [-0.2, -0.15) is 5.26 Å². The molecule has 0 bridgehead atoms. The Morgan fingerprint density at radius 2 is 2.16 bits per heavy atom. The predicted octanol–water partition coefficient (Wildman–Crippen LogP) is 2.17. The normalized spacial score (nSPS) is 16.9. The zero-order chi connectivity index (χ0) is 14.1. The van der Waals surface area contributed by atoms with E-state index >= 15 is 0 Å². The van der Waals surface area contributed by atoms with Crippen LogP contribution in [0, 0.1) is 22.6 Å². The van der Waals surface area contributed by atoms with Gasteiger partial charge >= 0.3 is 0 Å². The Kier molecular flexibility index (Phi) is 3.61. The molecule has 1 aliphatic rings. The van der Waals surface area contributed by atoms with Crippen molar-refractivity contribution in [3.63, 3.8) is 0 Å². The average molecular weight is 282 g/mol. The third-order valence-corrected chi connectivity index (χ3v) is 5.11. The number of sulfonamides is 1. The molecule has 0 spiro atoms. The monoisotopic (exact) mass is 282 g/mol. The highest BCUT2D eigenvalue weighted by molar-refractivity contribution is 7.89. The third-order valence-electron chi connectivity index (χ3n) is 3.71. The highest BCUT2D eigenvalue weighted by atomic mass is 32.2. The van der Waals surface area contributed by atoms with Crippen LogP contribution in [-0.4, -0.2) is 15.0 Å². The number of hydrogen-bond donors (Lipinski definition) is 1. The molecule has 0 atom stereocenters. The van der Waals surface area contributed by atoms with Crippen molar-refractivity contribution in [1.82, 2.24) is 4.72 Å². The van der Waals surface area contributed by atoms with E-state index in [2.05, 4.69) is 4.72 Å². The minimum absolute atomic E-state index is 0.0719. The van der Waals surface area contributed by atoms with Gasteiger partial charge in [0.05, 0.1) is 10.5 Å². The first-order chi connectivity index (χ1) is 8.92. The van der Waals surface area contributed by atoms with Crippen LogP contribution in [-0.2, 0) is 10.0 Å². The molecule has 102 valence electrons. The Balaban J connectivity index is 2.18. The van der Waals surface area contributed by atoms with Gasteiger partial charge in [0, 0.05) is 6.54 Å². The highest BCUT2D eigenvalue weighted by Gasteiger charge is 2.41. The molecule has 6 heteroatoms. The number of rotatable bonds is 5. The Morgan fingerprint density at radius 3 is 2.68 bits per heavy atom. The van der Waals surface area contributed by atoms with Crippen LogP contribution in [0.5, 0.6) is 0 Å². The molecule has 0 unspecified atom stereocenters. The van der Waals surface area contributed by atoms with Gasteiger partial charge in [0.2, 0.25) is 10.0 Å². The SMILES string of the molecule is CCC1(CNS(=O)(=O)c2ccc(F)c(C#N)c2)CC1. The van der Waals surface area contributed by atoms with Gasteiger partial charge in [-0.1, -0.05) is 6.92 Å². The van der Waals surface area contributed by atoms with Crippen LogP contribution in [0.1, 0.15) is 31.7 Å². The van der Waals surface area contributed by atoms with E-state index in [0.717, 1.165) is 31.4 Å². The molecule has 1 aromatic rings. The molecule has 4 nitrogen and oxygen atoms in total. The molecule has 0 heterocycles. The second kappa shape index (κ2) is 4.91. The Bertz CT molecular complexity index is 631. The van der Waals surface area contributed by atoms with Crippen LogP contribution >= 0.6 is 0 Å². The first-order valence-corrected chi connectivity index (χ1v) is 7.60. The van der Waals surface area contributed by atoms with Crippen LogP contribution < -0.4 is 4.72 Å². The zero-order valence-corrected chi connectivity index (χ0v) is 11.4. The van der Waals surface area contributed by atoms with Crippen molar-refractivity contribution in [3.05, 3.63) is 29.6 Å². The van der Waals surface area contributed by atoms with E-state index in [9.17, 15) is 12.8 Å². The number of hydrogen-bond acceptors (Lipinski definition) is 3. The molecule has 1 fully saturated rings. The molecule has 19 heavy (non-hydrogen) atoms. The van der Waals surface area contributed by atoms with Gasteiger partial charge in [-0.05, 0) is 42.9 Å². The summed E-state index contributed by atoms with van der Waals surface area (Å²) in [6, 6.07) is 4.87. The van der Waals surface area contributed by atoms with E-state index in [1.165, 1.54) is 6.07 Å². The van der Waals surface area contributed by atoms with Gasteiger partial charge in [0.15, 0.2) is 0 Å². The van der Waals surface area contributed by atoms with Gasteiger partial charge in [-0.15, -0.1) is 0 Å². The fourth-order valence-electron chi connectivity index (χ4n) is 1.92. The fourth-order valence-corrected chi connectivity index (χ4v) is 3.10. The standard InChI is InChI=1S/C13H15FN2O2S/c1-2-13(5-6-13)9-16-19(17,18)11-3-4-12(14)10(7-11)8-15/h3-4,7,16H,2,5-6,9H2,1H3. The molecule has 1 aromatic carbocycles. The van der Waals surface area contributed by atoms with E-state index in [4.69, 9.17) is 5.26 Å². The van der Waals surface area contributed by atoms with Crippen LogP contribution in [0.3, 0.4) is 0 Å². The molecule has 1 aliphatic carbocycles. The van der Waals surface area contributed by atoms with Crippen molar-refractivity contribution in [2.45, 2.75) is 31.1 Å². The Morgan fingerprint density at radius 1 is 1.47 bits per heavy atom. The first-order valence-electron chi connectivity index (χ1n) is 6.12. The average Bonchev–Trinajstić information content (AvgIpc) is 3.17. The Labute approximate surface area is 112 Å². The molecule has 1 saturated carbocycles.